The molecule has 0 amide bonds. The first-order valence-corrected chi connectivity index (χ1v) is 12.7. The van der Waals surface area contributed by atoms with Crippen molar-refractivity contribution >= 4 is 40.3 Å². The Hall–Kier alpha value is -5.08. The average molecular weight is 577 g/mol. The Morgan fingerprint density at radius 1 is 1.02 bits per heavy atom. The van der Waals surface area contributed by atoms with Gasteiger partial charge in [0.25, 0.3) is 0 Å². The maximum absolute atomic E-state index is 14.9. The maximum atomic E-state index is 14.9. The van der Waals surface area contributed by atoms with Gasteiger partial charge in [0.15, 0.2) is 0 Å². The molecule has 0 atom stereocenters. The molecule has 0 spiro atoms. The van der Waals surface area contributed by atoms with Crippen LogP contribution in [0.2, 0.25) is 5.02 Å². The molecule has 0 saturated heterocycles. The Morgan fingerprint density at radius 3 is 2.02 bits per heavy atom. The summed E-state index contributed by atoms with van der Waals surface area (Å²) in [5, 5.41) is 27.1. The van der Waals surface area contributed by atoms with Gasteiger partial charge in [-0.15, -0.1) is 0 Å². The van der Waals surface area contributed by atoms with Crippen LogP contribution in [0.4, 0.5) is 33.1 Å². The minimum absolute atomic E-state index is 0.0393. The van der Waals surface area contributed by atoms with E-state index in [1.54, 1.807) is 50.4 Å². The van der Waals surface area contributed by atoms with Crippen molar-refractivity contribution in [1.82, 2.24) is 4.98 Å². The average Bonchev–Trinajstić information content (AvgIpc) is 2.98. The van der Waals surface area contributed by atoms with Crippen molar-refractivity contribution in [3.8, 4) is 17.6 Å². The maximum Gasteiger partial charge on any atom is 0.334 e. The summed E-state index contributed by atoms with van der Waals surface area (Å²) in [6.45, 7) is 0.505. The number of nitriles is 1. The predicted molar refractivity (Wildman–Crippen MR) is 156 cm³/mol. The third-order valence-electron chi connectivity index (χ3n) is 6.22. The highest BCUT2D eigenvalue weighted by atomic mass is 35.5. The van der Waals surface area contributed by atoms with E-state index in [4.69, 9.17) is 26.3 Å². The summed E-state index contributed by atoms with van der Waals surface area (Å²) < 4.78 is 25.4. The molecular formula is C29H26ClFN6O4. The molecule has 0 fully saturated rings. The fourth-order valence-corrected chi connectivity index (χ4v) is 4.43. The van der Waals surface area contributed by atoms with Gasteiger partial charge in [-0.05, 0) is 47.5 Å². The van der Waals surface area contributed by atoms with E-state index in [0.717, 1.165) is 17.2 Å². The van der Waals surface area contributed by atoms with E-state index in [0.29, 0.717) is 11.5 Å². The lowest BCUT2D eigenvalue weighted by molar-refractivity contribution is -0.383. The fraction of sp³-hybridized carbons (Fsp3) is 0.172. The Kier molecular flexibility index (Phi) is 9.06. The molecule has 1 heterocycles. The van der Waals surface area contributed by atoms with Crippen molar-refractivity contribution < 1.29 is 18.8 Å². The number of nitrogens with zero attached hydrogens (tertiary/aromatic N) is 4. The zero-order valence-electron chi connectivity index (χ0n) is 22.4. The summed E-state index contributed by atoms with van der Waals surface area (Å²) in [7, 11) is 4.68. The lowest BCUT2D eigenvalue weighted by atomic mass is 10.1. The largest absolute Gasteiger partial charge is 0.497 e. The monoisotopic (exact) mass is 576 g/mol. The van der Waals surface area contributed by atoms with Crippen LogP contribution in [-0.4, -0.2) is 31.2 Å². The lowest BCUT2D eigenvalue weighted by Gasteiger charge is -2.25. The zero-order valence-corrected chi connectivity index (χ0v) is 23.2. The summed E-state index contributed by atoms with van der Waals surface area (Å²) >= 11 is 6.25. The molecule has 10 nitrogen and oxygen atoms in total. The van der Waals surface area contributed by atoms with Gasteiger partial charge in [-0.3, -0.25) is 10.1 Å². The molecular weight excluding hydrogens is 551 g/mol. The Labute approximate surface area is 241 Å². The molecule has 12 heteroatoms. The van der Waals surface area contributed by atoms with Gasteiger partial charge in [-0.25, -0.2) is 9.37 Å². The molecule has 210 valence electrons. The van der Waals surface area contributed by atoms with E-state index >= 15 is 0 Å². The van der Waals surface area contributed by atoms with Crippen molar-refractivity contribution in [3.63, 3.8) is 0 Å². The van der Waals surface area contributed by atoms with Gasteiger partial charge in [-0.2, -0.15) is 5.26 Å². The zero-order chi connectivity index (χ0) is 29.5. The number of hydrogen-bond acceptors (Lipinski definition) is 9. The van der Waals surface area contributed by atoms with E-state index in [-0.39, 0.29) is 52.4 Å². The van der Waals surface area contributed by atoms with Crippen molar-refractivity contribution in [3.05, 3.63) is 104 Å². The quantitative estimate of drug-likeness (QED) is 0.149. The van der Waals surface area contributed by atoms with Crippen LogP contribution >= 0.6 is 11.6 Å². The fourth-order valence-electron chi connectivity index (χ4n) is 4.17. The SMILES string of the molecule is CNc1cc(Nc2c(F)cc(C#N)cc2Cl)nc(N(Cc2ccc(OC)cc2)Cc2ccc(OC)cc2)c1[N+](=O)[O-]. The van der Waals surface area contributed by atoms with Gasteiger partial charge in [0.05, 0.1) is 41.5 Å². The van der Waals surface area contributed by atoms with Gasteiger partial charge < -0.3 is 25.0 Å². The number of halogens is 2. The van der Waals surface area contributed by atoms with Crippen LogP contribution in [0.25, 0.3) is 0 Å². The van der Waals surface area contributed by atoms with Gasteiger partial charge in [0.1, 0.15) is 28.8 Å². The third-order valence-corrected chi connectivity index (χ3v) is 6.51. The van der Waals surface area contributed by atoms with Gasteiger partial charge in [0.2, 0.25) is 5.82 Å². The Morgan fingerprint density at radius 2 is 1.59 bits per heavy atom. The van der Waals surface area contributed by atoms with Crippen LogP contribution < -0.4 is 25.0 Å². The molecule has 41 heavy (non-hydrogen) atoms. The van der Waals surface area contributed by atoms with Crippen molar-refractivity contribution in [2.24, 2.45) is 0 Å². The number of methoxy groups -OCH3 is 2. The Balaban J connectivity index is 1.84. The second kappa shape index (κ2) is 12.8. The third kappa shape index (κ3) is 6.74. The summed E-state index contributed by atoms with van der Waals surface area (Å²) in [5.74, 6) is 0.722. The van der Waals surface area contributed by atoms with E-state index in [2.05, 4.69) is 15.6 Å². The number of ether oxygens (including phenoxy) is 2. The number of pyridine rings is 1. The first-order valence-electron chi connectivity index (χ1n) is 12.3. The molecule has 0 aliphatic rings. The van der Waals surface area contributed by atoms with Crippen LogP contribution in [0.15, 0.2) is 66.7 Å². The highest BCUT2D eigenvalue weighted by Crippen LogP contribution is 2.39. The lowest BCUT2D eigenvalue weighted by Crippen LogP contribution is -2.25. The minimum Gasteiger partial charge on any atom is -0.497 e. The molecule has 4 rings (SSSR count). The number of rotatable bonds is 11. The minimum atomic E-state index is -0.768. The summed E-state index contributed by atoms with van der Waals surface area (Å²) in [5.41, 5.74) is 1.53. The molecule has 3 aromatic carbocycles. The number of benzene rings is 3. The number of nitro groups is 1. The van der Waals surface area contributed by atoms with Gasteiger partial charge in [-0.1, -0.05) is 35.9 Å². The molecule has 4 aromatic rings. The molecule has 0 aliphatic heterocycles. The normalized spacial score (nSPS) is 10.4. The van der Waals surface area contributed by atoms with E-state index in [1.807, 2.05) is 30.3 Å². The van der Waals surface area contributed by atoms with Crippen molar-refractivity contribution in [2.45, 2.75) is 13.1 Å². The number of hydrogen-bond donors (Lipinski definition) is 2. The molecule has 0 aliphatic carbocycles. The van der Waals surface area contributed by atoms with Crippen LogP contribution in [0.3, 0.4) is 0 Å². The first-order chi connectivity index (χ1) is 19.8. The second-order valence-corrected chi connectivity index (χ2v) is 9.25. The topological polar surface area (TPSA) is 126 Å². The van der Waals surface area contributed by atoms with E-state index in [1.165, 1.54) is 12.1 Å². The highest BCUT2D eigenvalue weighted by molar-refractivity contribution is 6.33. The number of aromatic nitrogens is 1. The van der Waals surface area contributed by atoms with Crippen molar-refractivity contribution in [2.75, 3.05) is 36.8 Å². The van der Waals surface area contributed by atoms with E-state index < -0.39 is 10.7 Å². The number of nitrogens with one attached hydrogen (secondary N) is 2. The molecule has 0 saturated carbocycles. The van der Waals surface area contributed by atoms with Gasteiger partial charge in [0, 0.05) is 26.2 Å². The van der Waals surface area contributed by atoms with E-state index in [9.17, 15) is 14.5 Å². The molecule has 1 aromatic heterocycles. The predicted octanol–water partition coefficient (Wildman–Crippen LogP) is 6.66. The molecule has 2 N–H and O–H groups in total. The number of anilines is 4. The Bertz CT molecular complexity index is 1520. The molecule has 0 unspecified atom stereocenters. The highest BCUT2D eigenvalue weighted by Gasteiger charge is 2.28. The first kappa shape index (κ1) is 28.9. The van der Waals surface area contributed by atoms with Crippen LogP contribution in [0.5, 0.6) is 11.5 Å². The standard InChI is InChI=1S/C29H26ClFN6O4/c1-33-25-14-26(34-27-23(30)12-20(15-32)13-24(27)31)35-29(28(25)37(38)39)36(16-18-4-8-21(40-2)9-5-18)17-19-6-10-22(41-3)11-7-19/h4-14H,16-17H2,1-3H3,(H2,33,34,35). The molecule has 0 bridgehead atoms. The summed E-state index contributed by atoms with van der Waals surface area (Å²) in [4.78, 5) is 18.2. The smallest absolute Gasteiger partial charge is 0.334 e. The summed E-state index contributed by atoms with van der Waals surface area (Å²) in [6, 6.07) is 20.2. The van der Waals surface area contributed by atoms with Crippen LogP contribution in [0, 0.1) is 27.3 Å². The van der Waals surface area contributed by atoms with Gasteiger partial charge >= 0.3 is 5.69 Å². The van der Waals surface area contributed by atoms with Crippen LogP contribution in [0.1, 0.15) is 16.7 Å². The molecule has 0 radical (unpaired) electrons. The van der Waals surface area contributed by atoms with Crippen molar-refractivity contribution in [1.29, 1.82) is 5.26 Å². The second-order valence-electron chi connectivity index (χ2n) is 8.84. The summed E-state index contributed by atoms with van der Waals surface area (Å²) in [6.07, 6.45) is 0. The van der Waals surface area contributed by atoms with Crippen LogP contribution in [-0.2, 0) is 13.1 Å².